The Hall–Kier alpha value is -1.31. The van der Waals surface area contributed by atoms with Gasteiger partial charge >= 0.3 is 0 Å². The normalized spacial score (nSPS) is 33.8. The molecule has 0 radical (unpaired) electrons. The molecule has 4 atom stereocenters. The maximum absolute atomic E-state index is 12.6. The van der Waals surface area contributed by atoms with Crippen LogP contribution in [0, 0.1) is 11.3 Å². The van der Waals surface area contributed by atoms with Crippen molar-refractivity contribution in [3.8, 4) is 0 Å². The van der Waals surface area contributed by atoms with Gasteiger partial charge in [-0.25, -0.2) is 0 Å². The fourth-order valence-corrected chi connectivity index (χ4v) is 3.54. The average molecular weight is 298 g/mol. The summed E-state index contributed by atoms with van der Waals surface area (Å²) in [4.78, 5) is 12.6. The van der Waals surface area contributed by atoms with Crippen molar-refractivity contribution in [3.05, 3.63) is 35.4 Å². The number of fused-ring (bicyclic) bond motifs is 1. The highest BCUT2D eigenvalue weighted by atomic mass is 16.3. The van der Waals surface area contributed by atoms with E-state index in [-0.39, 0.29) is 22.7 Å². The van der Waals surface area contributed by atoms with E-state index in [4.69, 9.17) is 0 Å². The van der Waals surface area contributed by atoms with Crippen LogP contribution in [0.25, 0.3) is 0 Å². The molecule has 21 heavy (non-hydrogen) atoms. The van der Waals surface area contributed by atoms with Gasteiger partial charge in [-0.2, -0.15) is 0 Å². The molecular weight excluding hydrogens is 276 g/mol. The van der Waals surface area contributed by atoms with Crippen molar-refractivity contribution in [3.63, 3.8) is 0 Å². The molecule has 1 fully saturated rings. The van der Waals surface area contributed by atoms with E-state index in [1.54, 1.807) is 38.1 Å². The number of rotatable bonds is 1. The van der Waals surface area contributed by atoms with Crippen molar-refractivity contribution < 1.29 is 31.1 Å². The second-order valence-corrected chi connectivity index (χ2v) is 6.26. The van der Waals surface area contributed by atoms with Gasteiger partial charge in [-0.15, -0.1) is 0 Å². The molecule has 1 saturated carbocycles. The first-order chi connectivity index (χ1) is 8.80. The maximum atomic E-state index is 12.6. The first kappa shape index (κ1) is 17.7. The SMILES string of the molecule is CC(C)(O)[C@@H]1C[C@]12C(=O)c1ccccc1[C@@H](O)[C@H]2O.O.O. The smallest absolute Gasteiger partial charge is 0.172 e. The molecule has 2 aliphatic rings. The summed E-state index contributed by atoms with van der Waals surface area (Å²) in [6.45, 7) is 3.28. The minimum absolute atomic E-state index is 0. The van der Waals surface area contributed by atoms with Gasteiger partial charge in [-0.3, -0.25) is 4.79 Å². The topological polar surface area (TPSA) is 141 Å². The molecule has 0 bridgehead atoms. The van der Waals surface area contributed by atoms with E-state index >= 15 is 0 Å². The summed E-state index contributed by atoms with van der Waals surface area (Å²) >= 11 is 0. The zero-order valence-electron chi connectivity index (χ0n) is 12.0. The van der Waals surface area contributed by atoms with Crippen LogP contribution in [0.2, 0.25) is 0 Å². The van der Waals surface area contributed by atoms with Gasteiger partial charge in [0.15, 0.2) is 5.78 Å². The molecule has 0 saturated heterocycles. The molecule has 7 N–H and O–H groups in total. The molecule has 6 heteroatoms. The van der Waals surface area contributed by atoms with Gasteiger partial charge in [-0.1, -0.05) is 24.3 Å². The Labute approximate surface area is 122 Å². The van der Waals surface area contributed by atoms with Crippen LogP contribution in [-0.4, -0.2) is 43.8 Å². The van der Waals surface area contributed by atoms with Gasteiger partial charge in [0, 0.05) is 11.5 Å². The predicted octanol–water partition coefficient (Wildman–Crippen LogP) is -0.595. The zero-order chi connectivity index (χ0) is 14.0. The van der Waals surface area contributed by atoms with Crippen molar-refractivity contribution in [1.29, 1.82) is 0 Å². The molecule has 0 aliphatic heterocycles. The molecule has 2 aliphatic carbocycles. The number of aliphatic hydroxyl groups is 3. The lowest BCUT2D eigenvalue weighted by atomic mass is 9.73. The van der Waals surface area contributed by atoms with Crippen LogP contribution in [0.5, 0.6) is 0 Å². The highest BCUT2D eigenvalue weighted by Gasteiger charge is 2.71. The van der Waals surface area contributed by atoms with Crippen LogP contribution in [0.1, 0.15) is 42.3 Å². The molecule has 0 amide bonds. The van der Waals surface area contributed by atoms with Gasteiger partial charge in [0.1, 0.15) is 6.10 Å². The number of Topliss-reactive ketones (excluding diaryl/α,β-unsaturated/α-hetero) is 1. The Bertz CT molecular complexity index is 549. The summed E-state index contributed by atoms with van der Waals surface area (Å²) in [5.74, 6) is -0.474. The third-order valence-electron chi connectivity index (χ3n) is 4.63. The molecular formula is C15H22O6. The molecule has 1 spiro atoms. The summed E-state index contributed by atoms with van der Waals surface area (Å²) in [5.41, 5.74) is -1.12. The van der Waals surface area contributed by atoms with E-state index in [9.17, 15) is 20.1 Å². The van der Waals surface area contributed by atoms with Crippen LogP contribution >= 0.6 is 0 Å². The van der Waals surface area contributed by atoms with Crippen LogP contribution in [0.4, 0.5) is 0 Å². The van der Waals surface area contributed by atoms with Gasteiger partial charge in [0.25, 0.3) is 0 Å². The fourth-order valence-electron chi connectivity index (χ4n) is 3.54. The monoisotopic (exact) mass is 298 g/mol. The molecule has 1 aromatic rings. The summed E-state index contributed by atoms with van der Waals surface area (Å²) in [7, 11) is 0. The van der Waals surface area contributed by atoms with Crippen LogP contribution in [0.15, 0.2) is 24.3 Å². The number of aliphatic hydroxyl groups excluding tert-OH is 2. The number of benzene rings is 1. The highest BCUT2D eigenvalue weighted by molar-refractivity contribution is 6.05. The second kappa shape index (κ2) is 5.15. The Kier molecular flexibility index (Phi) is 4.35. The second-order valence-electron chi connectivity index (χ2n) is 6.26. The van der Waals surface area contributed by atoms with Gasteiger partial charge in [-0.05, 0) is 25.8 Å². The van der Waals surface area contributed by atoms with Crippen LogP contribution in [0.3, 0.4) is 0 Å². The van der Waals surface area contributed by atoms with E-state index in [0.29, 0.717) is 17.5 Å². The molecule has 0 unspecified atom stereocenters. The van der Waals surface area contributed by atoms with Crippen molar-refractivity contribution in [2.45, 2.75) is 38.1 Å². The van der Waals surface area contributed by atoms with E-state index in [0.717, 1.165) is 0 Å². The third kappa shape index (κ3) is 2.20. The summed E-state index contributed by atoms with van der Waals surface area (Å²) in [6.07, 6.45) is -1.80. The van der Waals surface area contributed by atoms with E-state index < -0.39 is 23.2 Å². The molecule has 6 nitrogen and oxygen atoms in total. The van der Waals surface area contributed by atoms with Crippen molar-refractivity contribution in [2.75, 3.05) is 0 Å². The van der Waals surface area contributed by atoms with Crippen molar-refractivity contribution >= 4 is 5.78 Å². The quantitative estimate of drug-likeness (QED) is 0.636. The molecule has 3 rings (SSSR count). The summed E-state index contributed by atoms with van der Waals surface area (Å²) in [5, 5.41) is 30.7. The lowest BCUT2D eigenvalue weighted by Gasteiger charge is -2.35. The summed E-state index contributed by atoms with van der Waals surface area (Å²) in [6, 6.07) is 6.82. The Morgan fingerprint density at radius 3 is 2.29 bits per heavy atom. The Balaban J connectivity index is 0.00000110. The van der Waals surface area contributed by atoms with Crippen LogP contribution in [-0.2, 0) is 0 Å². The van der Waals surface area contributed by atoms with Crippen molar-refractivity contribution in [2.24, 2.45) is 11.3 Å². The predicted molar refractivity (Wildman–Crippen MR) is 75.8 cm³/mol. The zero-order valence-corrected chi connectivity index (χ0v) is 12.0. The lowest BCUT2D eigenvalue weighted by Crippen LogP contribution is -2.44. The molecule has 0 heterocycles. The van der Waals surface area contributed by atoms with E-state index in [1.807, 2.05) is 0 Å². The van der Waals surface area contributed by atoms with E-state index in [2.05, 4.69) is 0 Å². The van der Waals surface area contributed by atoms with Gasteiger partial charge < -0.3 is 26.3 Å². The molecule has 0 aromatic heterocycles. The van der Waals surface area contributed by atoms with Crippen molar-refractivity contribution in [1.82, 2.24) is 0 Å². The highest BCUT2D eigenvalue weighted by Crippen LogP contribution is 2.65. The number of ketones is 1. The minimum Gasteiger partial charge on any atom is -0.412 e. The lowest BCUT2D eigenvalue weighted by molar-refractivity contribution is -0.0490. The minimum atomic E-state index is -1.15. The number of carbonyl (C=O) groups excluding carboxylic acids is 1. The third-order valence-corrected chi connectivity index (χ3v) is 4.63. The fraction of sp³-hybridized carbons (Fsp3) is 0.533. The first-order valence-electron chi connectivity index (χ1n) is 6.52. The maximum Gasteiger partial charge on any atom is 0.172 e. The Morgan fingerprint density at radius 2 is 1.76 bits per heavy atom. The van der Waals surface area contributed by atoms with Gasteiger partial charge in [0.2, 0.25) is 0 Å². The average Bonchev–Trinajstić information content (AvgIpc) is 3.11. The first-order valence-corrected chi connectivity index (χ1v) is 6.52. The number of hydrogen-bond acceptors (Lipinski definition) is 4. The summed E-state index contributed by atoms with van der Waals surface area (Å²) < 4.78 is 0. The Morgan fingerprint density at radius 1 is 1.19 bits per heavy atom. The van der Waals surface area contributed by atoms with Gasteiger partial charge in [0.05, 0.1) is 17.1 Å². The molecule has 118 valence electrons. The van der Waals surface area contributed by atoms with Crippen LogP contribution < -0.4 is 0 Å². The largest absolute Gasteiger partial charge is 0.412 e. The number of carbonyl (C=O) groups is 1. The standard InChI is InChI=1S/C15H18O4.2H2O/c1-14(2,19)10-7-15(10)12(17)9-6-4-3-5-8(9)11(16)13(15)18;;/h3-6,10-11,13,16,18-19H,7H2,1-2H3;2*1H2/t10-,11+,13+,15+;;/m0../s1. The number of hydrogen-bond donors (Lipinski definition) is 3. The van der Waals surface area contributed by atoms with E-state index in [1.165, 1.54) is 0 Å². The molecule has 1 aromatic carbocycles.